The lowest BCUT2D eigenvalue weighted by atomic mass is 10.3. The third-order valence-electron chi connectivity index (χ3n) is 1.39. The van der Waals surface area contributed by atoms with Crippen molar-refractivity contribution in [2.24, 2.45) is 0 Å². The molecule has 1 aromatic heterocycles. The van der Waals surface area contributed by atoms with Crippen molar-refractivity contribution in [1.82, 2.24) is 10.3 Å². The van der Waals surface area contributed by atoms with E-state index in [0.29, 0.717) is 5.15 Å². The van der Waals surface area contributed by atoms with Crippen molar-refractivity contribution in [1.29, 1.82) is 0 Å². The van der Waals surface area contributed by atoms with Gasteiger partial charge in [0.2, 0.25) is 0 Å². The standard InChI is InChI=1S/C8H11ClN2S/c1-6(12)10-4-7-2-3-8(9)11-5-7/h2-3,5-6,10,12H,4H2,1H3. The van der Waals surface area contributed by atoms with E-state index in [-0.39, 0.29) is 5.37 Å². The second kappa shape index (κ2) is 4.70. The average molecular weight is 203 g/mol. The Morgan fingerprint density at radius 3 is 2.92 bits per heavy atom. The highest BCUT2D eigenvalue weighted by molar-refractivity contribution is 7.80. The molecule has 4 heteroatoms. The molecule has 0 fully saturated rings. The van der Waals surface area contributed by atoms with E-state index in [0.717, 1.165) is 12.1 Å². The SMILES string of the molecule is CC(S)NCc1ccc(Cl)nc1. The summed E-state index contributed by atoms with van der Waals surface area (Å²) in [6, 6.07) is 3.72. The summed E-state index contributed by atoms with van der Waals surface area (Å²) in [6.07, 6.45) is 1.76. The van der Waals surface area contributed by atoms with E-state index in [1.807, 2.05) is 13.0 Å². The predicted octanol–water partition coefficient (Wildman–Crippen LogP) is 2.10. The Labute approximate surface area is 82.8 Å². The number of pyridine rings is 1. The molecule has 12 heavy (non-hydrogen) atoms. The van der Waals surface area contributed by atoms with Crippen molar-refractivity contribution >= 4 is 24.2 Å². The second-order valence-corrected chi connectivity index (χ2v) is 3.71. The lowest BCUT2D eigenvalue weighted by Crippen LogP contribution is -2.19. The summed E-state index contributed by atoms with van der Waals surface area (Å²) in [5, 5.41) is 3.88. The van der Waals surface area contributed by atoms with E-state index in [1.54, 1.807) is 12.3 Å². The fourth-order valence-electron chi connectivity index (χ4n) is 0.777. The first-order chi connectivity index (χ1) is 5.68. The lowest BCUT2D eigenvalue weighted by Gasteiger charge is -2.06. The monoisotopic (exact) mass is 202 g/mol. The first-order valence-corrected chi connectivity index (χ1v) is 4.60. The largest absolute Gasteiger partial charge is 0.302 e. The molecule has 1 N–H and O–H groups in total. The quantitative estimate of drug-likeness (QED) is 0.446. The number of nitrogens with one attached hydrogen (secondary N) is 1. The number of nitrogens with zero attached hydrogens (tertiary/aromatic N) is 1. The summed E-state index contributed by atoms with van der Waals surface area (Å²) in [5.41, 5.74) is 1.11. The van der Waals surface area contributed by atoms with Crippen molar-refractivity contribution < 1.29 is 0 Å². The summed E-state index contributed by atoms with van der Waals surface area (Å²) < 4.78 is 0. The second-order valence-electron chi connectivity index (χ2n) is 2.55. The van der Waals surface area contributed by atoms with Crippen LogP contribution >= 0.6 is 24.2 Å². The molecule has 0 saturated carbocycles. The molecule has 66 valence electrons. The average Bonchev–Trinajstić information content (AvgIpc) is 2.03. The molecule has 0 saturated heterocycles. The molecule has 0 radical (unpaired) electrons. The van der Waals surface area contributed by atoms with Gasteiger partial charge in [-0.05, 0) is 18.6 Å². The van der Waals surface area contributed by atoms with Gasteiger partial charge in [-0.1, -0.05) is 17.7 Å². The van der Waals surface area contributed by atoms with Gasteiger partial charge in [0.15, 0.2) is 0 Å². The minimum Gasteiger partial charge on any atom is -0.302 e. The van der Waals surface area contributed by atoms with Gasteiger partial charge in [0.25, 0.3) is 0 Å². The number of rotatable bonds is 3. The topological polar surface area (TPSA) is 24.9 Å². The van der Waals surface area contributed by atoms with Gasteiger partial charge in [-0.2, -0.15) is 12.6 Å². The van der Waals surface area contributed by atoms with Crippen LogP contribution < -0.4 is 5.32 Å². The molecule has 0 bridgehead atoms. The van der Waals surface area contributed by atoms with Crippen molar-refractivity contribution in [3.05, 3.63) is 29.0 Å². The van der Waals surface area contributed by atoms with E-state index >= 15 is 0 Å². The first-order valence-electron chi connectivity index (χ1n) is 3.70. The first kappa shape index (κ1) is 9.84. The summed E-state index contributed by atoms with van der Waals surface area (Å²) in [4.78, 5) is 3.96. The Morgan fingerprint density at radius 2 is 2.42 bits per heavy atom. The van der Waals surface area contributed by atoms with Crippen LogP contribution in [-0.4, -0.2) is 10.4 Å². The molecule has 0 aliphatic rings. The van der Waals surface area contributed by atoms with Crippen LogP contribution in [0.25, 0.3) is 0 Å². The van der Waals surface area contributed by atoms with E-state index in [4.69, 9.17) is 11.6 Å². The van der Waals surface area contributed by atoms with Crippen molar-refractivity contribution in [3.8, 4) is 0 Å². The lowest BCUT2D eigenvalue weighted by molar-refractivity contribution is 0.689. The van der Waals surface area contributed by atoms with Crippen LogP contribution in [0.5, 0.6) is 0 Å². The minimum absolute atomic E-state index is 0.195. The predicted molar refractivity (Wildman–Crippen MR) is 54.5 cm³/mol. The molecule has 1 unspecified atom stereocenters. The van der Waals surface area contributed by atoms with Crippen LogP contribution in [0.15, 0.2) is 18.3 Å². The molecule has 2 nitrogen and oxygen atoms in total. The van der Waals surface area contributed by atoms with Crippen LogP contribution in [0.4, 0.5) is 0 Å². The number of hydrogen-bond acceptors (Lipinski definition) is 3. The van der Waals surface area contributed by atoms with Crippen LogP contribution in [0.1, 0.15) is 12.5 Å². The maximum Gasteiger partial charge on any atom is 0.129 e. The van der Waals surface area contributed by atoms with Crippen LogP contribution in [0, 0.1) is 0 Å². The van der Waals surface area contributed by atoms with E-state index in [9.17, 15) is 0 Å². The van der Waals surface area contributed by atoms with Gasteiger partial charge in [0.05, 0.1) is 0 Å². The molecule has 1 rings (SSSR count). The van der Waals surface area contributed by atoms with Crippen molar-refractivity contribution in [2.75, 3.05) is 0 Å². The molecule has 1 aromatic rings. The zero-order chi connectivity index (χ0) is 8.97. The zero-order valence-electron chi connectivity index (χ0n) is 6.79. The number of hydrogen-bond donors (Lipinski definition) is 2. The van der Waals surface area contributed by atoms with E-state index in [2.05, 4.69) is 22.9 Å². The van der Waals surface area contributed by atoms with Crippen LogP contribution in [0.2, 0.25) is 5.15 Å². The fourth-order valence-corrected chi connectivity index (χ4v) is 0.980. The highest BCUT2D eigenvalue weighted by Crippen LogP contribution is 2.05. The third kappa shape index (κ3) is 3.43. The number of aromatic nitrogens is 1. The highest BCUT2D eigenvalue weighted by Gasteiger charge is 1.95. The summed E-state index contributed by atoms with van der Waals surface area (Å²) >= 11 is 9.82. The van der Waals surface area contributed by atoms with Crippen LogP contribution in [-0.2, 0) is 6.54 Å². The fraction of sp³-hybridized carbons (Fsp3) is 0.375. The van der Waals surface area contributed by atoms with Crippen molar-refractivity contribution in [2.45, 2.75) is 18.8 Å². The molecular formula is C8H11ClN2S. The number of thiol groups is 1. The maximum absolute atomic E-state index is 5.63. The van der Waals surface area contributed by atoms with Gasteiger partial charge in [-0.15, -0.1) is 0 Å². The molecule has 0 spiro atoms. The minimum atomic E-state index is 0.195. The smallest absolute Gasteiger partial charge is 0.129 e. The molecule has 0 aromatic carbocycles. The van der Waals surface area contributed by atoms with E-state index in [1.165, 1.54) is 0 Å². The Balaban J connectivity index is 2.48. The normalized spacial score (nSPS) is 12.9. The van der Waals surface area contributed by atoms with Crippen molar-refractivity contribution in [3.63, 3.8) is 0 Å². The molecule has 1 heterocycles. The third-order valence-corrected chi connectivity index (χ3v) is 1.80. The van der Waals surface area contributed by atoms with Gasteiger partial charge in [-0.25, -0.2) is 4.98 Å². The van der Waals surface area contributed by atoms with Gasteiger partial charge in [-0.3, -0.25) is 0 Å². The Hall–Kier alpha value is -0.250. The van der Waals surface area contributed by atoms with E-state index < -0.39 is 0 Å². The summed E-state index contributed by atoms with van der Waals surface area (Å²) in [6.45, 7) is 2.75. The van der Waals surface area contributed by atoms with Gasteiger partial charge >= 0.3 is 0 Å². The zero-order valence-corrected chi connectivity index (χ0v) is 8.44. The van der Waals surface area contributed by atoms with Crippen LogP contribution in [0.3, 0.4) is 0 Å². The maximum atomic E-state index is 5.63. The number of halogens is 1. The Kier molecular flexibility index (Phi) is 3.85. The van der Waals surface area contributed by atoms with Gasteiger partial charge < -0.3 is 5.32 Å². The molecule has 1 atom stereocenters. The molecule has 0 aliphatic carbocycles. The summed E-state index contributed by atoms with van der Waals surface area (Å²) in [5.74, 6) is 0. The molecule has 0 aliphatic heterocycles. The molecule has 0 amide bonds. The Morgan fingerprint density at radius 1 is 1.67 bits per heavy atom. The Bertz CT molecular complexity index is 235. The summed E-state index contributed by atoms with van der Waals surface area (Å²) in [7, 11) is 0. The van der Waals surface area contributed by atoms with Gasteiger partial charge in [0.1, 0.15) is 5.15 Å². The molecular weight excluding hydrogens is 192 g/mol. The highest BCUT2D eigenvalue weighted by atomic mass is 35.5. The van der Waals surface area contributed by atoms with Gasteiger partial charge in [0, 0.05) is 18.1 Å².